The van der Waals surface area contributed by atoms with Gasteiger partial charge in [0, 0.05) is 12.6 Å². The van der Waals surface area contributed by atoms with E-state index in [4.69, 9.17) is 0 Å². The molecular formula is C13H19N7O. The topological polar surface area (TPSA) is 101 Å². The van der Waals surface area contributed by atoms with Gasteiger partial charge in [0.1, 0.15) is 5.82 Å². The lowest BCUT2D eigenvalue weighted by Gasteiger charge is -2.22. The molecule has 1 fully saturated rings. The molecule has 1 saturated heterocycles. The number of rotatable bonds is 4. The standard InChI is InChI=1S/C13H19N7O/c1-2-11-17-12(19-18-11)13(21)16-9-7-15-20(8-9)10-3-5-14-6-4-10/h7-8,10,14H,2-6H2,1H3,(H,16,21)(H,17,18,19). The van der Waals surface area contributed by atoms with Crippen molar-refractivity contribution in [2.45, 2.75) is 32.2 Å². The van der Waals surface area contributed by atoms with Gasteiger partial charge in [-0.2, -0.15) is 5.10 Å². The second kappa shape index (κ2) is 6.04. The fraction of sp³-hybridized carbons (Fsp3) is 0.538. The molecule has 0 spiro atoms. The molecule has 3 rings (SSSR count). The zero-order valence-corrected chi connectivity index (χ0v) is 12.0. The van der Waals surface area contributed by atoms with Gasteiger partial charge in [-0.05, 0) is 25.9 Å². The molecule has 0 bridgehead atoms. The molecule has 2 aromatic heterocycles. The minimum Gasteiger partial charge on any atom is -0.317 e. The molecule has 0 unspecified atom stereocenters. The van der Waals surface area contributed by atoms with Crippen LogP contribution in [0.2, 0.25) is 0 Å². The number of H-pyrrole nitrogens is 1. The van der Waals surface area contributed by atoms with Crippen molar-refractivity contribution in [2.75, 3.05) is 18.4 Å². The Morgan fingerprint density at radius 3 is 3.00 bits per heavy atom. The number of aromatic nitrogens is 5. The maximum atomic E-state index is 12.0. The van der Waals surface area contributed by atoms with Gasteiger partial charge in [-0.25, -0.2) is 4.98 Å². The van der Waals surface area contributed by atoms with Crippen LogP contribution in [0.1, 0.15) is 42.3 Å². The number of aryl methyl sites for hydroxylation is 1. The van der Waals surface area contributed by atoms with E-state index < -0.39 is 0 Å². The molecule has 21 heavy (non-hydrogen) atoms. The summed E-state index contributed by atoms with van der Waals surface area (Å²) in [5, 5.41) is 17.1. The number of hydrogen-bond acceptors (Lipinski definition) is 5. The SMILES string of the molecule is CCc1nc(C(=O)Nc2cnn(C3CCNCC3)c2)n[nH]1. The molecule has 8 nitrogen and oxygen atoms in total. The quantitative estimate of drug-likeness (QED) is 0.770. The lowest BCUT2D eigenvalue weighted by Crippen LogP contribution is -2.29. The number of carbonyl (C=O) groups excluding carboxylic acids is 1. The predicted octanol–water partition coefficient (Wildman–Crippen LogP) is 0.740. The summed E-state index contributed by atoms with van der Waals surface area (Å²) in [6.45, 7) is 3.96. The number of nitrogens with zero attached hydrogens (tertiary/aromatic N) is 4. The van der Waals surface area contributed by atoms with E-state index in [-0.39, 0.29) is 11.7 Å². The smallest absolute Gasteiger partial charge is 0.295 e. The second-order valence-electron chi connectivity index (χ2n) is 5.10. The Balaban J connectivity index is 1.64. The first kappa shape index (κ1) is 13.7. The van der Waals surface area contributed by atoms with Crippen molar-refractivity contribution in [1.82, 2.24) is 30.3 Å². The normalized spacial score (nSPS) is 16.0. The number of piperidine rings is 1. The molecular weight excluding hydrogens is 270 g/mol. The number of carbonyl (C=O) groups is 1. The van der Waals surface area contributed by atoms with Crippen LogP contribution in [0.4, 0.5) is 5.69 Å². The molecule has 0 aliphatic carbocycles. The number of amides is 1. The van der Waals surface area contributed by atoms with Gasteiger partial charge in [-0.15, -0.1) is 5.10 Å². The van der Waals surface area contributed by atoms with Crippen molar-refractivity contribution < 1.29 is 4.79 Å². The summed E-state index contributed by atoms with van der Waals surface area (Å²) in [5.41, 5.74) is 0.668. The van der Waals surface area contributed by atoms with Gasteiger partial charge < -0.3 is 10.6 Å². The zero-order chi connectivity index (χ0) is 14.7. The summed E-state index contributed by atoms with van der Waals surface area (Å²) >= 11 is 0. The van der Waals surface area contributed by atoms with Crippen molar-refractivity contribution in [3.8, 4) is 0 Å². The highest BCUT2D eigenvalue weighted by Crippen LogP contribution is 2.19. The molecule has 1 aliphatic heterocycles. The minimum atomic E-state index is -0.323. The Morgan fingerprint density at radius 2 is 2.29 bits per heavy atom. The first-order valence-corrected chi connectivity index (χ1v) is 7.23. The average molecular weight is 289 g/mol. The molecule has 8 heteroatoms. The van der Waals surface area contributed by atoms with E-state index in [2.05, 4.69) is 30.9 Å². The van der Waals surface area contributed by atoms with Gasteiger partial charge in [-0.1, -0.05) is 6.92 Å². The average Bonchev–Trinajstić information content (AvgIpc) is 3.17. The third-order valence-electron chi connectivity index (χ3n) is 3.61. The fourth-order valence-corrected chi connectivity index (χ4v) is 2.42. The van der Waals surface area contributed by atoms with Gasteiger partial charge in [0.25, 0.3) is 5.91 Å². The lowest BCUT2D eigenvalue weighted by molar-refractivity contribution is 0.101. The number of hydrogen-bond donors (Lipinski definition) is 3. The Bertz CT molecular complexity index is 612. The van der Waals surface area contributed by atoms with Crippen LogP contribution in [0.25, 0.3) is 0 Å². The summed E-state index contributed by atoms with van der Waals surface area (Å²) in [6.07, 6.45) is 6.34. The first-order valence-electron chi connectivity index (χ1n) is 7.23. The number of anilines is 1. The summed E-state index contributed by atoms with van der Waals surface area (Å²) in [7, 11) is 0. The first-order chi connectivity index (χ1) is 10.3. The highest BCUT2D eigenvalue weighted by molar-refractivity contribution is 6.01. The highest BCUT2D eigenvalue weighted by atomic mass is 16.2. The van der Waals surface area contributed by atoms with Crippen molar-refractivity contribution in [2.24, 2.45) is 0 Å². The van der Waals surface area contributed by atoms with Gasteiger partial charge in [0.2, 0.25) is 5.82 Å². The molecule has 1 amide bonds. The fourth-order valence-electron chi connectivity index (χ4n) is 2.42. The Hall–Kier alpha value is -2.22. The number of nitrogens with one attached hydrogen (secondary N) is 3. The van der Waals surface area contributed by atoms with Crippen molar-refractivity contribution in [3.63, 3.8) is 0 Å². The van der Waals surface area contributed by atoms with Crippen LogP contribution in [-0.4, -0.2) is 44.0 Å². The Labute approximate surface area is 122 Å². The van der Waals surface area contributed by atoms with Gasteiger partial charge in [0.15, 0.2) is 0 Å². The van der Waals surface area contributed by atoms with Crippen LogP contribution in [0.3, 0.4) is 0 Å². The molecule has 0 saturated carbocycles. The van der Waals surface area contributed by atoms with E-state index in [1.165, 1.54) is 0 Å². The van der Waals surface area contributed by atoms with Crippen LogP contribution in [0.15, 0.2) is 12.4 Å². The molecule has 0 atom stereocenters. The third kappa shape index (κ3) is 3.10. The van der Waals surface area contributed by atoms with E-state index in [1.807, 2.05) is 17.8 Å². The van der Waals surface area contributed by atoms with Crippen LogP contribution >= 0.6 is 0 Å². The molecule has 3 N–H and O–H groups in total. The van der Waals surface area contributed by atoms with E-state index in [1.54, 1.807) is 6.20 Å². The molecule has 3 heterocycles. The third-order valence-corrected chi connectivity index (χ3v) is 3.61. The van der Waals surface area contributed by atoms with Gasteiger partial charge in [0.05, 0.1) is 17.9 Å². The van der Waals surface area contributed by atoms with E-state index >= 15 is 0 Å². The van der Waals surface area contributed by atoms with E-state index in [0.717, 1.165) is 25.9 Å². The number of aromatic amines is 1. The predicted molar refractivity (Wildman–Crippen MR) is 77.1 cm³/mol. The molecule has 1 aliphatic rings. The van der Waals surface area contributed by atoms with E-state index in [9.17, 15) is 4.79 Å². The molecule has 0 aromatic carbocycles. The van der Waals surface area contributed by atoms with E-state index in [0.29, 0.717) is 24.0 Å². The maximum absolute atomic E-state index is 12.0. The van der Waals surface area contributed by atoms with Crippen LogP contribution in [0, 0.1) is 0 Å². The summed E-state index contributed by atoms with van der Waals surface area (Å²) in [6, 6.07) is 0.395. The summed E-state index contributed by atoms with van der Waals surface area (Å²) < 4.78 is 1.92. The minimum absolute atomic E-state index is 0.154. The van der Waals surface area contributed by atoms with Gasteiger partial charge >= 0.3 is 0 Å². The molecule has 112 valence electrons. The molecule has 2 aromatic rings. The van der Waals surface area contributed by atoms with Crippen molar-refractivity contribution in [3.05, 3.63) is 24.0 Å². The van der Waals surface area contributed by atoms with Crippen LogP contribution in [-0.2, 0) is 6.42 Å². The Kier molecular flexibility index (Phi) is 3.96. The summed E-state index contributed by atoms with van der Waals surface area (Å²) in [5.74, 6) is 0.530. The summed E-state index contributed by atoms with van der Waals surface area (Å²) in [4.78, 5) is 16.1. The maximum Gasteiger partial charge on any atom is 0.295 e. The zero-order valence-electron chi connectivity index (χ0n) is 12.0. The lowest BCUT2D eigenvalue weighted by atomic mass is 10.1. The molecule has 0 radical (unpaired) electrons. The second-order valence-corrected chi connectivity index (χ2v) is 5.10. The monoisotopic (exact) mass is 289 g/mol. The Morgan fingerprint density at radius 1 is 1.48 bits per heavy atom. The van der Waals surface area contributed by atoms with Crippen molar-refractivity contribution >= 4 is 11.6 Å². The largest absolute Gasteiger partial charge is 0.317 e. The van der Waals surface area contributed by atoms with Crippen LogP contribution < -0.4 is 10.6 Å². The van der Waals surface area contributed by atoms with Crippen molar-refractivity contribution in [1.29, 1.82) is 0 Å². The highest BCUT2D eigenvalue weighted by Gasteiger charge is 2.17. The van der Waals surface area contributed by atoms with Gasteiger partial charge in [-0.3, -0.25) is 14.6 Å². The van der Waals surface area contributed by atoms with Crippen LogP contribution in [0.5, 0.6) is 0 Å².